The van der Waals surface area contributed by atoms with Crippen LogP contribution in [0.1, 0.15) is 6.42 Å². The van der Waals surface area contributed by atoms with Gasteiger partial charge in [-0.2, -0.15) is 8.42 Å². The first-order valence-corrected chi connectivity index (χ1v) is 13.9. The number of rotatable bonds is 8. The van der Waals surface area contributed by atoms with Gasteiger partial charge in [-0.15, -0.1) is 0 Å². The molecule has 0 aliphatic rings. The van der Waals surface area contributed by atoms with Gasteiger partial charge in [0, 0.05) is 5.75 Å². The highest BCUT2D eigenvalue weighted by molar-refractivity contribution is 8.69. The lowest BCUT2D eigenvalue weighted by Crippen LogP contribution is -2.33. The van der Waals surface area contributed by atoms with Crippen molar-refractivity contribution in [2.45, 2.75) is 6.42 Å². The summed E-state index contributed by atoms with van der Waals surface area (Å²) in [5.41, 5.74) is 0. The highest BCUT2D eigenvalue weighted by atomic mass is 33.1. The number of benzene rings is 3. The highest BCUT2D eigenvalue weighted by Gasteiger charge is 2.45. The summed E-state index contributed by atoms with van der Waals surface area (Å²) in [6.07, 6.45) is 0.878. The van der Waals surface area contributed by atoms with Crippen LogP contribution >= 0.6 is 18.1 Å². The molecule has 0 saturated heterocycles. The van der Waals surface area contributed by atoms with E-state index < -0.39 is 33.9 Å². The second-order valence-electron chi connectivity index (χ2n) is 6.57. The molecule has 1 N–H and O–H groups in total. The van der Waals surface area contributed by atoms with Crippen LogP contribution < -0.4 is 15.9 Å². The van der Waals surface area contributed by atoms with Gasteiger partial charge in [-0.25, -0.2) is 13.2 Å². The Morgan fingerprint density at radius 3 is 1.33 bits per heavy atom. The van der Waals surface area contributed by atoms with E-state index in [0.29, 0.717) is 23.4 Å². The average Bonchev–Trinajstić information content (AvgIpc) is 2.70. The predicted molar refractivity (Wildman–Crippen MR) is 119 cm³/mol. The minimum Gasteiger partial charge on any atom is -0.277 e. The van der Waals surface area contributed by atoms with E-state index in [4.69, 9.17) is 4.55 Å². The Hall–Kier alpha value is -1.86. The fourth-order valence-electron chi connectivity index (χ4n) is 3.39. The Balaban J connectivity index is 2.15. The molecule has 3 nitrogen and oxygen atoms in total. The Morgan fingerprint density at radius 1 is 0.700 bits per heavy atom. The van der Waals surface area contributed by atoms with Gasteiger partial charge in [0.2, 0.25) is 0 Å². The third kappa shape index (κ3) is 5.43. The molecule has 0 aromatic heterocycles. The largest absolute Gasteiger partial charge is 0.319 e. The van der Waals surface area contributed by atoms with Crippen LogP contribution in [0.2, 0.25) is 0 Å². The van der Waals surface area contributed by atoms with Gasteiger partial charge in [-0.05, 0) is 90.0 Å². The van der Waals surface area contributed by atoms with E-state index in [1.807, 2.05) is 0 Å². The van der Waals surface area contributed by atoms with Crippen molar-refractivity contribution < 1.29 is 26.1 Å². The average molecular weight is 471 g/mol. The predicted octanol–water partition coefficient (Wildman–Crippen LogP) is 4.32. The highest BCUT2D eigenvalue weighted by Crippen LogP contribution is 2.56. The smallest absolute Gasteiger partial charge is 0.277 e. The molecule has 0 heterocycles. The molecule has 0 unspecified atom stereocenters. The summed E-state index contributed by atoms with van der Waals surface area (Å²) >= 11 is 0. The van der Waals surface area contributed by atoms with E-state index in [9.17, 15) is 21.6 Å². The Labute approximate surface area is 177 Å². The van der Waals surface area contributed by atoms with Gasteiger partial charge in [0.1, 0.15) is 40.6 Å². The van der Waals surface area contributed by atoms with Crippen LogP contribution in [0.5, 0.6) is 0 Å². The van der Waals surface area contributed by atoms with Crippen molar-refractivity contribution in [2.75, 3.05) is 11.9 Å². The van der Waals surface area contributed by atoms with Crippen LogP contribution in [0, 0.1) is 17.5 Å². The van der Waals surface area contributed by atoms with Crippen LogP contribution in [0.4, 0.5) is 13.2 Å². The summed E-state index contributed by atoms with van der Waals surface area (Å²) in [7, 11) is -6.22. The normalized spacial score (nSPS) is 12.1. The maximum absolute atomic E-state index is 13.6. The molecule has 0 aliphatic heterocycles. The zero-order chi connectivity index (χ0) is 21.8. The van der Waals surface area contributed by atoms with Gasteiger partial charge in [0.05, 0.1) is 6.16 Å². The van der Waals surface area contributed by atoms with Crippen LogP contribution in [-0.4, -0.2) is 24.9 Å². The summed E-state index contributed by atoms with van der Waals surface area (Å²) in [6, 6.07) is 18.0. The quantitative estimate of drug-likeness (QED) is 0.230. The van der Waals surface area contributed by atoms with E-state index >= 15 is 0 Å². The van der Waals surface area contributed by atoms with Crippen molar-refractivity contribution in [3.8, 4) is 0 Å². The molecule has 0 bridgehead atoms. The van der Waals surface area contributed by atoms with Gasteiger partial charge < -0.3 is 0 Å². The first-order chi connectivity index (χ1) is 14.2. The van der Waals surface area contributed by atoms with Crippen LogP contribution in [0.25, 0.3) is 0 Å². The molecular formula is C21H19F3O3PS2+. The summed E-state index contributed by atoms with van der Waals surface area (Å²) in [5, 5.41) is 2.41. The lowest BCUT2D eigenvalue weighted by molar-refractivity contribution is 0.503. The molecule has 0 saturated carbocycles. The fraction of sp³-hybridized carbons (Fsp3) is 0.143. The summed E-state index contributed by atoms with van der Waals surface area (Å²) < 4.78 is 72.1. The molecule has 0 aliphatic carbocycles. The third-order valence-electron chi connectivity index (χ3n) is 4.67. The van der Waals surface area contributed by atoms with Crippen molar-refractivity contribution in [3.63, 3.8) is 0 Å². The standard InChI is InChI=1S/C21H18F3O3PS2/c22-16-2-8-19(9-3-16)28(14-1-15-29-30(25,26)27,20-10-4-17(23)5-11-20)21-12-6-18(24)7-13-21/h2-13H,1,14-15H2/p+1. The number of hydrogen-bond donors (Lipinski definition) is 1. The maximum atomic E-state index is 13.6. The lowest BCUT2D eigenvalue weighted by atomic mass is 10.3. The van der Waals surface area contributed by atoms with Crippen molar-refractivity contribution in [2.24, 2.45) is 0 Å². The SMILES string of the molecule is O=S(=O)(O)SCCC[P+](c1ccc(F)cc1)(c1ccc(F)cc1)c1ccc(F)cc1. The van der Waals surface area contributed by atoms with Gasteiger partial charge >= 0.3 is 9.15 Å². The van der Waals surface area contributed by atoms with Crippen molar-refractivity contribution >= 4 is 43.1 Å². The van der Waals surface area contributed by atoms with E-state index in [-0.39, 0.29) is 5.75 Å². The minimum atomic E-state index is -4.17. The maximum Gasteiger partial charge on any atom is 0.319 e. The molecule has 3 aromatic rings. The van der Waals surface area contributed by atoms with Crippen molar-refractivity contribution in [1.29, 1.82) is 0 Å². The van der Waals surface area contributed by atoms with Gasteiger partial charge in [-0.3, -0.25) is 4.55 Å². The van der Waals surface area contributed by atoms with Gasteiger partial charge in [0.15, 0.2) is 0 Å². The zero-order valence-electron chi connectivity index (χ0n) is 15.7. The molecule has 3 rings (SSSR count). The minimum absolute atomic E-state index is 0.143. The van der Waals surface area contributed by atoms with E-state index in [1.165, 1.54) is 36.4 Å². The first-order valence-electron chi connectivity index (χ1n) is 8.99. The lowest BCUT2D eigenvalue weighted by Gasteiger charge is -2.27. The molecule has 0 amide bonds. The number of hydrogen-bond acceptors (Lipinski definition) is 3. The Bertz CT molecular complexity index is 977. The number of halogens is 3. The summed E-state index contributed by atoms with van der Waals surface area (Å²) in [6.45, 7) is 0. The van der Waals surface area contributed by atoms with Crippen LogP contribution in [-0.2, 0) is 9.15 Å². The molecule has 0 radical (unpaired) electrons. The van der Waals surface area contributed by atoms with Crippen LogP contribution in [0.15, 0.2) is 72.8 Å². The molecule has 0 atom stereocenters. The molecule has 30 heavy (non-hydrogen) atoms. The molecular weight excluding hydrogens is 452 g/mol. The molecule has 9 heteroatoms. The van der Waals surface area contributed by atoms with Crippen molar-refractivity contribution in [1.82, 2.24) is 0 Å². The van der Waals surface area contributed by atoms with Crippen LogP contribution in [0.3, 0.4) is 0 Å². The second kappa shape index (κ2) is 9.52. The topological polar surface area (TPSA) is 54.4 Å². The summed E-state index contributed by atoms with van der Waals surface area (Å²) in [5.74, 6) is -1.07. The molecule has 3 aromatic carbocycles. The van der Waals surface area contributed by atoms with E-state index in [2.05, 4.69) is 0 Å². The van der Waals surface area contributed by atoms with Gasteiger partial charge in [0.25, 0.3) is 0 Å². The van der Waals surface area contributed by atoms with Gasteiger partial charge in [-0.1, -0.05) is 0 Å². The molecule has 158 valence electrons. The monoisotopic (exact) mass is 471 g/mol. The van der Waals surface area contributed by atoms with E-state index in [0.717, 1.165) is 15.9 Å². The second-order valence-corrected chi connectivity index (χ2v) is 13.7. The third-order valence-corrected chi connectivity index (χ3v) is 11.3. The Kier molecular flexibility index (Phi) is 7.24. The fourth-order valence-corrected chi connectivity index (χ4v) is 9.33. The van der Waals surface area contributed by atoms with Crippen molar-refractivity contribution in [3.05, 3.63) is 90.2 Å². The molecule has 0 spiro atoms. The molecule has 0 fully saturated rings. The zero-order valence-corrected chi connectivity index (χ0v) is 18.2. The summed E-state index contributed by atoms with van der Waals surface area (Å²) in [4.78, 5) is 0. The Morgan fingerprint density at radius 2 is 1.03 bits per heavy atom. The first kappa shape index (κ1) is 22.8. The van der Waals surface area contributed by atoms with E-state index in [1.54, 1.807) is 36.4 Å².